The lowest BCUT2D eigenvalue weighted by atomic mass is 10.0. The van der Waals surface area contributed by atoms with Crippen LogP contribution in [0.3, 0.4) is 0 Å². The number of ether oxygens (including phenoxy) is 1. The van der Waals surface area contributed by atoms with Gasteiger partial charge in [-0.2, -0.15) is 0 Å². The average molecular weight is 181 g/mol. The summed E-state index contributed by atoms with van der Waals surface area (Å²) in [5, 5.41) is 17.8. The van der Waals surface area contributed by atoms with Crippen LogP contribution in [-0.2, 0) is 9.53 Å². The zero-order chi connectivity index (χ0) is 8.65. The molecule has 0 aromatic carbocycles. The first-order chi connectivity index (χ1) is 5.00. The highest BCUT2D eigenvalue weighted by Gasteiger charge is 2.52. The Kier molecular flexibility index (Phi) is 2.09. The van der Waals surface area contributed by atoms with Crippen LogP contribution in [0.1, 0.15) is 6.92 Å². The molecule has 1 aliphatic heterocycles. The van der Waals surface area contributed by atoms with Crippen LogP contribution in [0.4, 0.5) is 0 Å². The summed E-state index contributed by atoms with van der Waals surface area (Å²) >= 11 is 5.61. The SMILES string of the molecule is CC1(Cl)C(=O)OC(CO)C1O. The summed E-state index contributed by atoms with van der Waals surface area (Å²) in [6.07, 6.45) is -2.02. The van der Waals surface area contributed by atoms with Gasteiger partial charge in [-0.05, 0) is 6.92 Å². The van der Waals surface area contributed by atoms with Gasteiger partial charge in [-0.3, -0.25) is 4.79 Å². The first-order valence-electron chi connectivity index (χ1n) is 3.19. The standard InChI is InChI=1S/C6H9ClO4/c1-6(7)4(9)3(2-8)11-5(6)10/h3-4,8-9H,2H2,1H3. The molecule has 1 heterocycles. The quantitative estimate of drug-likeness (QED) is 0.412. The van der Waals surface area contributed by atoms with Crippen molar-refractivity contribution >= 4 is 17.6 Å². The fraction of sp³-hybridized carbons (Fsp3) is 0.833. The number of halogens is 1. The van der Waals surface area contributed by atoms with Crippen LogP contribution >= 0.6 is 11.6 Å². The number of hydrogen-bond donors (Lipinski definition) is 2. The lowest BCUT2D eigenvalue weighted by molar-refractivity contribution is -0.144. The lowest BCUT2D eigenvalue weighted by Crippen LogP contribution is -2.39. The summed E-state index contributed by atoms with van der Waals surface area (Å²) < 4.78 is 4.57. The number of esters is 1. The van der Waals surface area contributed by atoms with Crippen molar-refractivity contribution in [3.05, 3.63) is 0 Å². The summed E-state index contributed by atoms with van der Waals surface area (Å²) in [4.78, 5) is 9.44. The first-order valence-corrected chi connectivity index (χ1v) is 3.57. The number of carbonyl (C=O) groups is 1. The molecule has 4 nitrogen and oxygen atoms in total. The highest BCUT2D eigenvalue weighted by Crippen LogP contribution is 2.31. The Morgan fingerprint density at radius 3 is 2.55 bits per heavy atom. The fourth-order valence-corrected chi connectivity index (χ4v) is 1.11. The molecule has 0 aromatic rings. The monoisotopic (exact) mass is 180 g/mol. The molecule has 0 amide bonds. The summed E-state index contributed by atoms with van der Waals surface area (Å²) in [5.74, 6) is -0.689. The third-order valence-corrected chi connectivity index (χ3v) is 2.12. The highest BCUT2D eigenvalue weighted by atomic mass is 35.5. The molecule has 2 N–H and O–H groups in total. The van der Waals surface area contributed by atoms with E-state index in [1.807, 2.05) is 0 Å². The molecule has 1 aliphatic rings. The number of hydrogen-bond acceptors (Lipinski definition) is 4. The summed E-state index contributed by atoms with van der Waals surface area (Å²) in [5.41, 5.74) is 0. The molecule has 3 unspecified atom stereocenters. The minimum absolute atomic E-state index is 0.408. The molecule has 64 valence electrons. The van der Waals surface area contributed by atoms with Gasteiger partial charge in [-0.15, -0.1) is 11.6 Å². The Labute approximate surface area is 68.7 Å². The smallest absolute Gasteiger partial charge is 0.330 e. The van der Waals surface area contributed by atoms with Gasteiger partial charge in [0.05, 0.1) is 6.61 Å². The van der Waals surface area contributed by atoms with E-state index in [0.29, 0.717) is 0 Å². The third kappa shape index (κ3) is 1.21. The number of alkyl halides is 1. The minimum Gasteiger partial charge on any atom is -0.456 e. The predicted molar refractivity (Wildman–Crippen MR) is 37.2 cm³/mol. The molecule has 0 bridgehead atoms. The van der Waals surface area contributed by atoms with Crippen LogP contribution in [0, 0.1) is 0 Å². The zero-order valence-corrected chi connectivity index (χ0v) is 6.71. The van der Waals surface area contributed by atoms with E-state index in [2.05, 4.69) is 4.74 Å². The summed E-state index contributed by atoms with van der Waals surface area (Å²) in [6.45, 7) is 0.951. The second kappa shape index (κ2) is 2.62. The van der Waals surface area contributed by atoms with Crippen LogP contribution in [0.5, 0.6) is 0 Å². The van der Waals surface area contributed by atoms with Gasteiger partial charge >= 0.3 is 5.97 Å². The van der Waals surface area contributed by atoms with Crippen molar-refractivity contribution in [2.75, 3.05) is 6.61 Å². The van der Waals surface area contributed by atoms with Gasteiger partial charge < -0.3 is 14.9 Å². The number of aliphatic hydroxyl groups is 2. The second-order valence-electron chi connectivity index (χ2n) is 2.65. The zero-order valence-electron chi connectivity index (χ0n) is 5.95. The van der Waals surface area contributed by atoms with Gasteiger partial charge in [0.1, 0.15) is 6.10 Å². The average Bonchev–Trinajstić information content (AvgIpc) is 2.14. The first kappa shape index (κ1) is 8.77. The largest absolute Gasteiger partial charge is 0.456 e. The van der Waals surface area contributed by atoms with Gasteiger partial charge in [-0.1, -0.05) is 0 Å². The number of aliphatic hydroxyl groups excluding tert-OH is 2. The Hall–Kier alpha value is -0.320. The van der Waals surface area contributed by atoms with E-state index < -0.39 is 29.7 Å². The maximum atomic E-state index is 10.9. The van der Waals surface area contributed by atoms with Crippen LogP contribution in [0.25, 0.3) is 0 Å². The molecule has 5 heteroatoms. The molecule has 0 aliphatic carbocycles. The van der Waals surface area contributed by atoms with Crippen LogP contribution in [0.2, 0.25) is 0 Å². The molecule has 1 saturated heterocycles. The van der Waals surface area contributed by atoms with Gasteiger partial charge in [0.2, 0.25) is 0 Å². The van der Waals surface area contributed by atoms with Gasteiger partial charge in [0, 0.05) is 0 Å². The van der Waals surface area contributed by atoms with Crippen molar-refractivity contribution in [3.63, 3.8) is 0 Å². The molecule has 1 fully saturated rings. The molecule has 0 aromatic heterocycles. The van der Waals surface area contributed by atoms with Gasteiger partial charge in [-0.25, -0.2) is 0 Å². The van der Waals surface area contributed by atoms with E-state index >= 15 is 0 Å². The van der Waals surface area contributed by atoms with Crippen molar-refractivity contribution in [1.82, 2.24) is 0 Å². The molecular weight excluding hydrogens is 172 g/mol. The predicted octanol–water partition coefficient (Wildman–Crippen LogP) is -0.738. The van der Waals surface area contributed by atoms with Crippen molar-refractivity contribution in [3.8, 4) is 0 Å². The molecular formula is C6H9ClO4. The van der Waals surface area contributed by atoms with E-state index in [4.69, 9.17) is 16.7 Å². The Morgan fingerprint density at radius 1 is 1.82 bits per heavy atom. The van der Waals surface area contributed by atoms with E-state index in [1.165, 1.54) is 6.92 Å². The van der Waals surface area contributed by atoms with Crippen molar-refractivity contribution in [1.29, 1.82) is 0 Å². The van der Waals surface area contributed by atoms with Gasteiger partial charge in [0.25, 0.3) is 0 Å². The number of rotatable bonds is 1. The van der Waals surface area contributed by atoms with E-state index in [9.17, 15) is 9.90 Å². The normalized spacial score (nSPS) is 44.2. The van der Waals surface area contributed by atoms with Crippen LogP contribution in [-0.4, -0.2) is 39.9 Å². The van der Waals surface area contributed by atoms with E-state index in [1.54, 1.807) is 0 Å². The van der Waals surface area contributed by atoms with Crippen molar-refractivity contribution < 1.29 is 19.7 Å². The van der Waals surface area contributed by atoms with Crippen LogP contribution in [0.15, 0.2) is 0 Å². The topological polar surface area (TPSA) is 66.8 Å². The summed E-state index contributed by atoms with van der Waals surface area (Å²) in [7, 11) is 0. The maximum absolute atomic E-state index is 10.9. The highest BCUT2D eigenvalue weighted by molar-refractivity contribution is 6.34. The van der Waals surface area contributed by atoms with Crippen molar-refractivity contribution in [2.24, 2.45) is 0 Å². The Balaban J connectivity index is 2.80. The lowest BCUT2D eigenvalue weighted by Gasteiger charge is -2.15. The number of carbonyl (C=O) groups excluding carboxylic acids is 1. The molecule has 0 spiro atoms. The van der Waals surface area contributed by atoms with Crippen molar-refractivity contribution in [2.45, 2.75) is 24.0 Å². The minimum atomic E-state index is -1.41. The fourth-order valence-electron chi connectivity index (χ4n) is 0.924. The summed E-state index contributed by atoms with van der Waals surface area (Å²) in [6, 6.07) is 0. The second-order valence-corrected chi connectivity index (χ2v) is 3.43. The maximum Gasteiger partial charge on any atom is 0.330 e. The molecule has 0 saturated carbocycles. The third-order valence-electron chi connectivity index (χ3n) is 1.75. The molecule has 11 heavy (non-hydrogen) atoms. The Bertz CT molecular complexity index is 179. The van der Waals surface area contributed by atoms with E-state index in [-0.39, 0.29) is 0 Å². The number of cyclic esters (lactones) is 1. The van der Waals surface area contributed by atoms with Crippen LogP contribution < -0.4 is 0 Å². The molecule has 3 atom stereocenters. The molecule has 1 rings (SSSR count). The van der Waals surface area contributed by atoms with Gasteiger partial charge in [0.15, 0.2) is 11.0 Å². The molecule has 0 radical (unpaired) electrons. The van der Waals surface area contributed by atoms with E-state index in [0.717, 1.165) is 0 Å². The Morgan fingerprint density at radius 2 is 2.36 bits per heavy atom.